The van der Waals surface area contributed by atoms with Gasteiger partial charge in [0.1, 0.15) is 5.75 Å². The van der Waals surface area contributed by atoms with E-state index in [-0.39, 0.29) is 18.4 Å². The van der Waals surface area contributed by atoms with Gasteiger partial charge in [-0.2, -0.15) is 0 Å². The number of amides is 2. The van der Waals surface area contributed by atoms with Gasteiger partial charge < -0.3 is 15.0 Å². The zero-order valence-corrected chi connectivity index (χ0v) is 14.0. The predicted molar refractivity (Wildman–Crippen MR) is 94.0 cm³/mol. The molecule has 24 heavy (non-hydrogen) atoms. The molecule has 1 heterocycles. The summed E-state index contributed by atoms with van der Waals surface area (Å²) in [5.41, 5.74) is 1.86. The molecule has 0 aliphatic carbocycles. The number of hydrogen-bond acceptors (Lipinski definition) is 3. The molecular weight excluding hydrogens is 328 g/mol. The average molecular weight is 345 g/mol. The van der Waals surface area contributed by atoms with Crippen LogP contribution in [0, 0.1) is 0 Å². The molecule has 2 aromatic rings. The van der Waals surface area contributed by atoms with Gasteiger partial charge in [-0.1, -0.05) is 18.5 Å². The molecule has 0 saturated heterocycles. The molecule has 124 valence electrons. The topological polar surface area (TPSA) is 58.6 Å². The van der Waals surface area contributed by atoms with Crippen LogP contribution in [0.2, 0.25) is 5.02 Å². The third-order valence-electron chi connectivity index (χ3n) is 3.71. The van der Waals surface area contributed by atoms with E-state index >= 15 is 0 Å². The highest BCUT2D eigenvalue weighted by Gasteiger charge is 2.25. The van der Waals surface area contributed by atoms with Crippen LogP contribution in [0.25, 0.3) is 0 Å². The first kappa shape index (κ1) is 16.3. The Labute approximate surface area is 145 Å². The van der Waals surface area contributed by atoms with Crippen LogP contribution in [0.3, 0.4) is 0 Å². The van der Waals surface area contributed by atoms with Crippen LogP contribution in [0.5, 0.6) is 5.75 Å². The molecule has 2 amide bonds. The summed E-state index contributed by atoms with van der Waals surface area (Å²) in [7, 11) is 0. The lowest BCUT2D eigenvalue weighted by molar-refractivity contribution is -0.121. The van der Waals surface area contributed by atoms with Crippen molar-refractivity contribution < 1.29 is 14.3 Å². The minimum Gasteiger partial charge on any atom is -0.481 e. The Hall–Kier alpha value is -2.53. The highest BCUT2D eigenvalue weighted by molar-refractivity contribution is 6.30. The summed E-state index contributed by atoms with van der Waals surface area (Å²) in [6.45, 7) is 2.68. The Morgan fingerprint density at radius 3 is 2.71 bits per heavy atom. The molecule has 0 radical (unpaired) electrons. The van der Waals surface area contributed by atoms with E-state index in [1.165, 1.54) is 0 Å². The third kappa shape index (κ3) is 3.36. The number of nitrogens with zero attached hydrogens (tertiary/aromatic N) is 1. The van der Waals surface area contributed by atoms with Crippen LogP contribution in [-0.2, 0) is 4.79 Å². The van der Waals surface area contributed by atoms with Gasteiger partial charge in [-0.25, -0.2) is 0 Å². The summed E-state index contributed by atoms with van der Waals surface area (Å²) in [4.78, 5) is 25.9. The van der Waals surface area contributed by atoms with Crippen LogP contribution in [0.4, 0.5) is 11.4 Å². The van der Waals surface area contributed by atoms with E-state index < -0.39 is 0 Å². The van der Waals surface area contributed by atoms with E-state index in [1.807, 2.05) is 6.92 Å². The lowest BCUT2D eigenvalue weighted by Gasteiger charge is -2.29. The van der Waals surface area contributed by atoms with Gasteiger partial charge in [0.05, 0.1) is 5.69 Å². The molecule has 2 aromatic carbocycles. The van der Waals surface area contributed by atoms with Crippen molar-refractivity contribution in [3.8, 4) is 5.75 Å². The fraction of sp³-hybridized carbons (Fsp3) is 0.222. The maximum Gasteiger partial charge on any atom is 0.265 e. The van der Waals surface area contributed by atoms with Crippen molar-refractivity contribution in [3.05, 3.63) is 53.1 Å². The SMILES string of the molecule is CCCN1C(=O)COc2cc(NC(=O)c3ccc(Cl)cc3)ccc21. The Bertz CT molecular complexity index is 774. The number of nitrogens with one attached hydrogen (secondary N) is 1. The first-order chi connectivity index (χ1) is 11.6. The predicted octanol–water partition coefficient (Wildman–Crippen LogP) is 3.73. The normalized spacial score (nSPS) is 13.2. The summed E-state index contributed by atoms with van der Waals surface area (Å²) in [6, 6.07) is 11.9. The number of hydrogen-bond donors (Lipinski definition) is 1. The summed E-state index contributed by atoms with van der Waals surface area (Å²) < 4.78 is 5.50. The molecular formula is C18H17ClN2O3. The van der Waals surface area contributed by atoms with Crippen LogP contribution < -0.4 is 15.0 Å². The summed E-state index contributed by atoms with van der Waals surface area (Å²) >= 11 is 5.83. The fourth-order valence-corrected chi connectivity index (χ4v) is 2.68. The maximum atomic E-state index is 12.3. The second kappa shape index (κ2) is 6.93. The van der Waals surface area contributed by atoms with Crippen LogP contribution in [0.1, 0.15) is 23.7 Å². The molecule has 1 N–H and O–H groups in total. The number of carbonyl (C=O) groups is 2. The summed E-state index contributed by atoms with van der Waals surface area (Å²) in [5.74, 6) is 0.308. The van der Waals surface area contributed by atoms with Gasteiger partial charge in [0.25, 0.3) is 11.8 Å². The van der Waals surface area contributed by atoms with E-state index in [0.29, 0.717) is 28.6 Å². The highest BCUT2D eigenvalue weighted by Crippen LogP contribution is 2.34. The average Bonchev–Trinajstić information content (AvgIpc) is 2.58. The molecule has 0 bridgehead atoms. The Balaban J connectivity index is 1.80. The summed E-state index contributed by atoms with van der Waals surface area (Å²) in [5, 5.41) is 3.40. The van der Waals surface area contributed by atoms with Crippen LogP contribution in [0.15, 0.2) is 42.5 Å². The lowest BCUT2D eigenvalue weighted by Crippen LogP contribution is -2.39. The van der Waals surface area contributed by atoms with Gasteiger partial charge in [-0.05, 0) is 42.8 Å². The molecule has 0 unspecified atom stereocenters. The number of fused-ring (bicyclic) bond motifs is 1. The quantitative estimate of drug-likeness (QED) is 0.919. The largest absolute Gasteiger partial charge is 0.481 e. The zero-order valence-electron chi connectivity index (χ0n) is 13.2. The molecule has 1 aliphatic heterocycles. The van der Waals surface area contributed by atoms with Gasteiger partial charge >= 0.3 is 0 Å². The first-order valence-corrected chi connectivity index (χ1v) is 8.10. The second-order valence-electron chi connectivity index (χ2n) is 5.48. The number of carbonyl (C=O) groups excluding carboxylic acids is 2. The number of halogens is 1. The van der Waals surface area contributed by atoms with Crippen molar-refractivity contribution >= 4 is 34.8 Å². The van der Waals surface area contributed by atoms with E-state index in [9.17, 15) is 9.59 Å². The molecule has 6 heteroatoms. The molecule has 3 rings (SSSR count). The van der Waals surface area contributed by atoms with Crippen molar-refractivity contribution in [1.82, 2.24) is 0 Å². The van der Waals surface area contributed by atoms with Crippen LogP contribution in [-0.4, -0.2) is 25.0 Å². The number of anilines is 2. The molecule has 0 atom stereocenters. The Morgan fingerprint density at radius 1 is 1.25 bits per heavy atom. The fourth-order valence-electron chi connectivity index (χ4n) is 2.56. The monoisotopic (exact) mass is 344 g/mol. The highest BCUT2D eigenvalue weighted by atomic mass is 35.5. The van der Waals surface area contributed by atoms with Gasteiger partial charge in [0.2, 0.25) is 0 Å². The standard InChI is InChI=1S/C18H17ClN2O3/c1-2-9-21-15-8-7-14(10-16(15)24-11-17(21)22)20-18(23)12-3-5-13(19)6-4-12/h3-8,10H,2,9,11H2,1H3,(H,20,23). The first-order valence-electron chi connectivity index (χ1n) is 7.72. The zero-order chi connectivity index (χ0) is 17.1. The van der Waals surface area contributed by atoms with Crippen molar-refractivity contribution in [2.75, 3.05) is 23.4 Å². The summed E-state index contributed by atoms with van der Waals surface area (Å²) in [6.07, 6.45) is 0.861. The smallest absolute Gasteiger partial charge is 0.265 e. The molecule has 5 nitrogen and oxygen atoms in total. The van der Waals surface area contributed by atoms with Gasteiger partial charge in [0.15, 0.2) is 6.61 Å². The van der Waals surface area contributed by atoms with Crippen molar-refractivity contribution in [1.29, 1.82) is 0 Å². The maximum absolute atomic E-state index is 12.3. The Morgan fingerprint density at radius 2 is 2.00 bits per heavy atom. The van der Waals surface area contributed by atoms with E-state index in [4.69, 9.17) is 16.3 Å². The van der Waals surface area contributed by atoms with Gasteiger partial charge in [-0.15, -0.1) is 0 Å². The number of benzene rings is 2. The minimum absolute atomic E-state index is 0.0155. The third-order valence-corrected chi connectivity index (χ3v) is 3.97. The minimum atomic E-state index is -0.232. The van der Waals surface area contributed by atoms with E-state index in [1.54, 1.807) is 47.4 Å². The number of ether oxygens (including phenoxy) is 1. The van der Waals surface area contributed by atoms with Crippen molar-refractivity contribution in [3.63, 3.8) is 0 Å². The second-order valence-corrected chi connectivity index (χ2v) is 5.91. The number of rotatable bonds is 4. The molecule has 1 aliphatic rings. The van der Waals surface area contributed by atoms with Crippen molar-refractivity contribution in [2.24, 2.45) is 0 Å². The van der Waals surface area contributed by atoms with Gasteiger partial charge in [-0.3, -0.25) is 9.59 Å². The Kier molecular flexibility index (Phi) is 4.71. The molecule has 0 spiro atoms. The van der Waals surface area contributed by atoms with E-state index in [0.717, 1.165) is 12.1 Å². The lowest BCUT2D eigenvalue weighted by atomic mass is 10.1. The van der Waals surface area contributed by atoms with Gasteiger partial charge in [0, 0.05) is 28.9 Å². The van der Waals surface area contributed by atoms with E-state index in [2.05, 4.69) is 5.32 Å². The molecule has 0 aromatic heterocycles. The van der Waals surface area contributed by atoms with Crippen LogP contribution >= 0.6 is 11.6 Å². The molecule has 0 fully saturated rings. The molecule has 0 saturated carbocycles. The van der Waals surface area contributed by atoms with Crippen molar-refractivity contribution in [2.45, 2.75) is 13.3 Å².